The van der Waals surface area contributed by atoms with Crippen LogP contribution < -0.4 is 0 Å². The van der Waals surface area contributed by atoms with Crippen molar-refractivity contribution < 1.29 is 18.0 Å². The Balaban J connectivity index is 1.79. The van der Waals surface area contributed by atoms with Crippen LogP contribution in [0, 0.1) is 5.92 Å². The minimum atomic E-state index is -4.45. The van der Waals surface area contributed by atoms with E-state index in [1.807, 2.05) is 0 Å². The van der Waals surface area contributed by atoms with Crippen LogP contribution >= 0.6 is 0 Å². The van der Waals surface area contributed by atoms with Crippen LogP contribution in [0.25, 0.3) is 11.3 Å². The number of alkyl halides is 3. The molecule has 0 saturated heterocycles. The molecule has 0 aliphatic heterocycles. The molecule has 1 N–H and O–H groups in total. The molecular weight excluding hydrogens is 293 g/mol. The van der Waals surface area contributed by atoms with Crippen LogP contribution in [-0.4, -0.2) is 16.0 Å². The molecule has 1 fully saturated rings. The zero-order chi connectivity index (χ0) is 15.6. The highest BCUT2D eigenvalue weighted by atomic mass is 19.4. The molecule has 1 heterocycles. The number of fused-ring (bicyclic) bond motifs is 3. The van der Waals surface area contributed by atoms with Crippen molar-refractivity contribution in [1.82, 2.24) is 10.2 Å². The summed E-state index contributed by atoms with van der Waals surface area (Å²) >= 11 is 0. The summed E-state index contributed by atoms with van der Waals surface area (Å²) < 4.78 is 38.5. The van der Waals surface area contributed by atoms with Gasteiger partial charge in [0, 0.05) is 17.0 Å². The van der Waals surface area contributed by atoms with Gasteiger partial charge in [-0.25, -0.2) is 0 Å². The minimum Gasteiger partial charge on any atom is -0.288 e. The standard InChI is InChI=1S/C16H13F3N2O/c1-7-4-8(5-7)13-12-14(21-20-13)10-3-2-9(16(17,18)19)6-11(10)15(12)22/h2-3,6-8H,4-5H2,1H3,(H,20,21). The number of hydrogen-bond donors (Lipinski definition) is 1. The largest absolute Gasteiger partial charge is 0.416 e. The third kappa shape index (κ3) is 1.76. The topological polar surface area (TPSA) is 45.8 Å². The summed E-state index contributed by atoms with van der Waals surface area (Å²) in [5.74, 6) is 0.519. The molecule has 2 aliphatic carbocycles. The molecule has 114 valence electrons. The molecule has 6 heteroatoms. The van der Waals surface area contributed by atoms with E-state index in [2.05, 4.69) is 17.1 Å². The molecule has 0 bridgehead atoms. The van der Waals surface area contributed by atoms with Gasteiger partial charge in [-0.2, -0.15) is 18.3 Å². The van der Waals surface area contributed by atoms with Crippen molar-refractivity contribution in [3.63, 3.8) is 0 Å². The van der Waals surface area contributed by atoms with E-state index in [1.165, 1.54) is 6.07 Å². The van der Waals surface area contributed by atoms with Crippen molar-refractivity contribution in [2.45, 2.75) is 31.9 Å². The number of halogens is 3. The van der Waals surface area contributed by atoms with Crippen LogP contribution in [0.4, 0.5) is 13.2 Å². The summed E-state index contributed by atoms with van der Waals surface area (Å²) in [6.45, 7) is 2.14. The molecule has 1 saturated carbocycles. The number of hydrogen-bond acceptors (Lipinski definition) is 2. The molecule has 0 unspecified atom stereocenters. The highest BCUT2D eigenvalue weighted by Crippen LogP contribution is 2.47. The normalized spacial score (nSPS) is 23.2. The molecule has 1 aromatic heterocycles. The first-order valence-corrected chi connectivity index (χ1v) is 7.21. The second-order valence-electron chi connectivity index (χ2n) is 6.22. The van der Waals surface area contributed by atoms with E-state index in [4.69, 9.17) is 0 Å². The molecule has 22 heavy (non-hydrogen) atoms. The van der Waals surface area contributed by atoms with Gasteiger partial charge in [-0.05, 0) is 30.9 Å². The summed E-state index contributed by atoms with van der Waals surface area (Å²) in [6, 6.07) is 3.28. The number of aromatic amines is 1. The highest BCUT2D eigenvalue weighted by Gasteiger charge is 2.40. The number of benzene rings is 1. The van der Waals surface area contributed by atoms with E-state index in [9.17, 15) is 18.0 Å². The lowest BCUT2D eigenvalue weighted by molar-refractivity contribution is -0.137. The Hall–Kier alpha value is -2.11. The van der Waals surface area contributed by atoms with E-state index < -0.39 is 11.7 Å². The number of aromatic nitrogens is 2. The maximum Gasteiger partial charge on any atom is 0.416 e. The zero-order valence-electron chi connectivity index (χ0n) is 11.8. The maximum absolute atomic E-state index is 12.8. The van der Waals surface area contributed by atoms with Gasteiger partial charge < -0.3 is 0 Å². The lowest BCUT2D eigenvalue weighted by Crippen LogP contribution is -2.21. The summed E-state index contributed by atoms with van der Waals surface area (Å²) in [5.41, 5.74) is 1.53. The Morgan fingerprint density at radius 3 is 2.59 bits per heavy atom. The first kappa shape index (κ1) is 13.5. The van der Waals surface area contributed by atoms with Crippen LogP contribution in [0.5, 0.6) is 0 Å². The van der Waals surface area contributed by atoms with Crippen molar-refractivity contribution in [1.29, 1.82) is 0 Å². The Morgan fingerprint density at radius 1 is 1.23 bits per heavy atom. The lowest BCUT2D eigenvalue weighted by Gasteiger charge is -2.32. The molecule has 1 aromatic carbocycles. The van der Waals surface area contributed by atoms with Crippen molar-refractivity contribution in [2.75, 3.05) is 0 Å². The van der Waals surface area contributed by atoms with Gasteiger partial charge in [-0.1, -0.05) is 13.0 Å². The molecule has 0 spiro atoms. The lowest BCUT2D eigenvalue weighted by atomic mass is 9.73. The van der Waals surface area contributed by atoms with E-state index in [1.54, 1.807) is 0 Å². The van der Waals surface area contributed by atoms with Crippen molar-refractivity contribution in [3.05, 3.63) is 40.6 Å². The number of nitrogens with one attached hydrogen (secondary N) is 1. The summed E-state index contributed by atoms with van der Waals surface area (Å²) in [6.07, 6.45) is -2.49. The summed E-state index contributed by atoms with van der Waals surface area (Å²) in [7, 11) is 0. The first-order valence-electron chi connectivity index (χ1n) is 7.21. The van der Waals surface area contributed by atoms with Crippen LogP contribution in [0.1, 0.15) is 52.9 Å². The Morgan fingerprint density at radius 2 is 1.95 bits per heavy atom. The third-order valence-corrected chi connectivity index (χ3v) is 4.65. The summed E-state index contributed by atoms with van der Waals surface area (Å²) in [5, 5.41) is 7.10. The first-order chi connectivity index (χ1) is 10.4. The third-order valence-electron chi connectivity index (χ3n) is 4.65. The second kappa shape index (κ2) is 4.21. The number of ketones is 1. The average Bonchev–Trinajstić information content (AvgIpc) is 2.95. The van der Waals surface area contributed by atoms with Crippen LogP contribution in [0.2, 0.25) is 0 Å². The molecule has 0 amide bonds. The number of carbonyl (C=O) groups is 1. The van der Waals surface area contributed by atoms with Gasteiger partial charge in [0.1, 0.15) is 5.69 Å². The molecule has 4 rings (SSSR count). The fraction of sp³-hybridized carbons (Fsp3) is 0.375. The van der Waals surface area contributed by atoms with Gasteiger partial charge in [0.05, 0.1) is 16.8 Å². The van der Waals surface area contributed by atoms with Gasteiger partial charge in [-0.15, -0.1) is 0 Å². The SMILES string of the molecule is CC1CC(c2[nH]nc3c2C(=O)c2cc(C(F)(F)F)ccc2-3)C1. The molecule has 2 aromatic rings. The molecule has 3 nitrogen and oxygen atoms in total. The Labute approximate surface area is 124 Å². The summed E-state index contributed by atoms with van der Waals surface area (Å²) in [4.78, 5) is 12.5. The van der Waals surface area contributed by atoms with Gasteiger partial charge in [0.2, 0.25) is 0 Å². The zero-order valence-corrected chi connectivity index (χ0v) is 11.8. The number of H-pyrrole nitrogens is 1. The van der Waals surface area contributed by atoms with Crippen molar-refractivity contribution in [2.24, 2.45) is 5.92 Å². The fourth-order valence-corrected chi connectivity index (χ4v) is 3.46. The van der Waals surface area contributed by atoms with Gasteiger partial charge in [0.15, 0.2) is 5.78 Å². The Kier molecular flexibility index (Phi) is 2.59. The van der Waals surface area contributed by atoms with E-state index in [0.717, 1.165) is 30.7 Å². The van der Waals surface area contributed by atoms with E-state index >= 15 is 0 Å². The number of rotatable bonds is 1. The average molecular weight is 306 g/mol. The molecule has 2 aliphatic rings. The van der Waals surface area contributed by atoms with Crippen LogP contribution in [0.15, 0.2) is 18.2 Å². The quantitative estimate of drug-likeness (QED) is 0.734. The fourth-order valence-electron chi connectivity index (χ4n) is 3.46. The maximum atomic E-state index is 12.8. The van der Waals surface area contributed by atoms with Gasteiger partial charge in [-0.3, -0.25) is 9.89 Å². The number of carbonyl (C=O) groups excluding carboxylic acids is 1. The van der Waals surface area contributed by atoms with Crippen molar-refractivity contribution >= 4 is 5.78 Å². The predicted molar refractivity (Wildman–Crippen MR) is 73.6 cm³/mol. The Bertz CT molecular complexity index is 785. The minimum absolute atomic E-state index is 0.106. The molecular formula is C16H13F3N2O. The van der Waals surface area contributed by atoms with Gasteiger partial charge in [0.25, 0.3) is 0 Å². The monoisotopic (exact) mass is 306 g/mol. The highest BCUT2D eigenvalue weighted by molar-refractivity contribution is 6.21. The smallest absolute Gasteiger partial charge is 0.288 e. The van der Waals surface area contributed by atoms with Crippen LogP contribution in [-0.2, 0) is 6.18 Å². The predicted octanol–water partition coefficient (Wildman–Crippen LogP) is 4.15. The van der Waals surface area contributed by atoms with Crippen LogP contribution in [0.3, 0.4) is 0 Å². The number of nitrogens with zero attached hydrogens (tertiary/aromatic N) is 1. The van der Waals surface area contributed by atoms with E-state index in [0.29, 0.717) is 22.7 Å². The van der Waals surface area contributed by atoms with Crippen molar-refractivity contribution in [3.8, 4) is 11.3 Å². The molecule has 0 atom stereocenters. The van der Waals surface area contributed by atoms with E-state index in [-0.39, 0.29) is 17.3 Å². The van der Waals surface area contributed by atoms with Gasteiger partial charge >= 0.3 is 6.18 Å². The second-order valence-corrected chi connectivity index (χ2v) is 6.22. The molecule has 0 radical (unpaired) electrons.